The summed E-state index contributed by atoms with van der Waals surface area (Å²) in [6.45, 7) is 1.08. The lowest BCUT2D eigenvalue weighted by atomic mass is 10.0. The molecule has 0 aliphatic carbocycles. The third kappa shape index (κ3) is 33.0. The molecule has 446 valence electrons. The summed E-state index contributed by atoms with van der Waals surface area (Å²) in [6, 6.07) is 79.7. The van der Waals surface area contributed by atoms with E-state index in [9.17, 15) is 23.4 Å². The number of hydrogen-bond donors (Lipinski definition) is 7. The number of aliphatic carboxylic acids is 2. The van der Waals surface area contributed by atoms with Gasteiger partial charge in [-0.3, -0.25) is 38.7 Å². The third-order valence-electron chi connectivity index (χ3n) is 10.5. The molecule has 0 aliphatic rings. The Kier molecular flexibility index (Phi) is 41.1. The van der Waals surface area contributed by atoms with Crippen LogP contribution in [0.1, 0.15) is 72.4 Å². The number of amides is 2. The number of thioether (sulfide) groups is 3. The Balaban J connectivity index is 0.000000529. The zero-order chi connectivity index (χ0) is 61.2. The molecule has 8 aromatic carbocycles. The second kappa shape index (κ2) is 45.8. The number of nitrogens with two attached hydrogens (primary N) is 2. The van der Waals surface area contributed by atoms with Crippen molar-refractivity contribution in [3.05, 3.63) is 287 Å². The molecule has 8 aromatic rings. The minimum absolute atomic E-state index is 0. The molecule has 0 aliphatic heterocycles. The van der Waals surface area contributed by atoms with Gasteiger partial charge in [0.1, 0.15) is 5.75 Å². The highest BCUT2D eigenvalue weighted by molar-refractivity contribution is 8.26. The van der Waals surface area contributed by atoms with E-state index in [-0.39, 0.29) is 49.8 Å². The molecule has 22 heteroatoms. The highest BCUT2D eigenvalue weighted by Gasteiger charge is 2.23. The van der Waals surface area contributed by atoms with Crippen LogP contribution in [0.3, 0.4) is 0 Å². The van der Waals surface area contributed by atoms with Crippen LogP contribution in [0, 0.1) is 0 Å². The second-order valence-corrected chi connectivity index (χ2v) is 24.4. The first kappa shape index (κ1) is 75.4. The van der Waals surface area contributed by atoms with Crippen molar-refractivity contribution in [1.29, 1.82) is 0 Å². The number of rotatable bonds is 20. The van der Waals surface area contributed by atoms with Gasteiger partial charge in [-0.25, -0.2) is 4.21 Å². The van der Waals surface area contributed by atoms with Crippen LogP contribution in [0.25, 0.3) is 0 Å². The van der Waals surface area contributed by atoms with Gasteiger partial charge in [-0.2, -0.15) is 0 Å². The first-order valence-corrected chi connectivity index (χ1v) is 32.4. The quantitative estimate of drug-likeness (QED) is 0.0212. The van der Waals surface area contributed by atoms with E-state index in [0.717, 1.165) is 29.2 Å². The molecule has 0 radical (unpaired) electrons. The van der Waals surface area contributed by atoms with Crippen molar-refractivity contribution >= 4 is 117 Å². The Morgan fingerprint density at radius 2 is 0.619 bits per heavy atom. The molecule has 8 rings (SSSR count). The number of carboxylic acids is 2. The van der Waals surface area contributed by atoms with Gasteiger partial charge in [0.15, 0.2) is 0 Å². The van der Waals surface area contributed by atoms with Crippen LogP contribution in [0.2, 0.25) is 0 Å². The summed E-state index contributed by atoms with van der Waals surface area (Å²) < 4.78 is 21.5. The predicted octanol–water partition coefficient (Wildman–Crippen LogP) is 14.2. The van der Waals surface area contributed by atoms with Gasteiger partial charge in [-0.1, -0.05) is 243 Å². The standard InChI is InChI=1S/C15H13ClOS.C15H15NO2S.C15H15NOS.C15H14O2S.C2H4O2.Cl2OS.H3N.H2O2/c16-14(17)11-18-15(12-7-3-1-4-8-12)13-9-5-2-6-10-13;16-14(17)11-19(18)15(12-7-3-1-4-8-12)13-9-5-2-6-10-13;2*16-14(17)11-18-15(12-7-3-1-4-8-12)13-9-5-2-6-10-13;1-2(3)4;1-4(2)3;;1-2/h1-10,15H,11H2;1-10,15H,11H2,(H2,16,17);1-10,15H,11H2,(H2,16,17);1-10,15H,11H2,(H,16,17);1H3,(H,3,4);;1H3;1-2H. The van der Waals surface area contributed by atoms with Crippen molar-refractivity contribution in [2.75, 3.05) is 23.0 Å². The van der Waals surface area contributed by atoms with Crippen molar-refractivity contribution in [2.45, 2.75) is 27.9 Å². The van der Waals surface area contributed by atoms with Crippen molar-refractivity contribution in [3.63, 3.8) is 0 Å². The Labute approximate surface area is 522 Å². The number of benzene rings is 8. The fourth-order valence-electron chi connectivity index (χ4n) is 7.37. The van der Waals surface area contributed by atoms with Crippen LogP contribution in [0.15, 0.2) is 243 Å². The molecule has 0 saturated heterocycles. The van der Waals surface area contributed by atoms with E-state index < -0.39 is 37.9 Å². The molecule has 84 heavy (non-hydrogen) atoms. The number of primary amides is 2. The van der Waals surface area contributed by atoms with Gasteiger partial charge in [0.05, 0.1) is 38.3 Å². The molecule has 1 unspecified atom stereocenters. The van der Waals surface area contributed by atoms with Gasteiger partial charge < -0.3 is 27.8 Å². The molecular formula is C62H66Cl3N3O11S5. The van der Waals surface area contributed by atoms with Crippen LogP contribution in [0.5, 0.6) is 0 Å². The van der Waals surface area contributed by atoms with E-state index in [1.165, 1.54) is 34.0 Å². The Hall–Kier alpha value is -6.59. The topological polar surface area (TPSA) is 287 Å². The minimum Gasteiger partial charge on any atom is -0.481 e. The highest BCUT2D eigenvalue weighted by Crippen LogP contribution is 2.37. The number of halogens is 3. The maximum atomic E-state index is 12.4. The molecule has 1 atom stereocenters. The van der Waals surface area contributed by atoms with Crippen molar-refractivity contribution < 1.29 is 53.1 Å². The minimum atomic E-state index is -1.67. The zero-order valence-corrected chi connectivity index (χ0v) is 51.8. The number of hydrogen-bond acceptors (Lipinski definition) is 13. The van der Waals surface area contributed by atoms with E-state index >= 15 is 0 Å². The van der Waals surface area contributed by atoms with Crippen LogP contribution < -0.4 is 17.6 Å². The fourth-order valence-corrected chi connectivity index (χ4v) is 12.0. The van der Waals surface area contributed by atoms with Crippen molar-refractivity contribution in [1.82, 2.24) is 6.15 Å². The molecule has 0 fully saturated rings. The summed E-state index contributed by atoms with van der Waals surface area (Å²) in [6.07, 6.45) is 0. The lowest BCUT2D eigenvalue weighted by molar-refractivity contribution is -0.176. The van der Waals surface area contributed by atoms with Gasteiger partial charge >= 0.3 is 5.97 Å². The summed E-state index contributed by atoms with van der Waals surface area (Å²) >= 11 is 9.99. The molecule has 2 amide bonds. The van der Waals surface area contributed by atoms with E-state index in [1.54, 1.807) is 23.5 Å². The molecule has 0 saturated carbocycles. The summed E-state index contributed by atoms with van der Waals surface area (Å²) in [7, 11) is 5.99. The summed E-state index contributed by atoms with van der Waals surface area (Å²) in [4.78, 5) is 52.7. The molecule has 0 aromatic heterocycles. The predicted molar refractivity (Wildman–Crippen MR) is 350 cm³/mol. The van der Waals surface area contributed by atoms with Crippen LogP contribution in [-0.2, 0) is 44.0 Å². The average molecular weight is 1300 g/mol. The lowest BCUT2D eigenvalue weighted by Gasteiger charge is -2.16. The van der Waals surface area contributed by atoms with Gasteiger partial charge in [-0.05, 0) is 56.1 Å². The van der Waals surface area contributed by atoms with Crippen molar-refractivity contribution in [2.24, 2.45) is 11.5 Å². The molecule has 11 N–H and O–H groups in total. The number of carbonyl (C=O) groups is 5. The first-order valence-electron chi connectivity index (χ1n) is 24.7. The summed E-state index contributed by atoms with van der Waals surface area (Å²) in [5.74, 6) is -1.82. The Bertz CT molecular complexity index is 2700. The zero-order valence-electron chi connectivity index (χ0n) is 45.4. The molecule has 0 bridgehead atoms. The van der Waals surface area contributed by atoms with Crippen LogP contribution in [-0.4, -0.2) is 81.2 Å². The smallest absolute Gasteiger partial charge is 0.313 e. The largest absolute Gasteiger partial charge is 0.481 e. The number of carboxylic acid groups (broad SMARTS) is 2. The van der Waals surface area contributed by atoms with Crippen LogP contribution >= 0.6 is 68.3 Å². The average Bonchev–Trinajstić information content (AvgIpc) is 3.69. The van der Waals surface area contributed by atoms with E-state index in [4.69, 9.17) is 52.8 Å². The van der Waals surface area contributed by atoms with Gasteiger partial charge in [0.25, 0.3) is 5.97 Å². The van der Waals surface area contributed by atoms with Gasteiger partial charge in [-0.15, -0.1) is 35.3 Å². The van der Waals surface area contributed by atoms with Gasteiger partial charge in [0.2, 0.25) is 26.3 Å². The van der Waals surface area contributed by atoms with E-state index in [2.05, 4.69) is 69.9 Å². The van der Waals surface area contributed by atoms with E-state index in [1.807, 2.05) is 194 Å². The monoisotopic (exact) mass is 1290 g/mol. The maximum Gasteiger partial charge on any atom is 0.313 e. The highest BCUT2D eigenvalue weighted by atomic mass is 36.0. The normalized spacial score (nSPS) is 10.3. The molecule has 0 heterocycles. The molecule has 14 nitrogen and oxygen atoms in total. The lowest BCUT2D eigenvalue weighted by Crippen LogP contribution is -2.23. The summed E-state index contributed by atoms with van der Waals surface area (Å²) in [5.41, 5.74) is 19.3. The van der Waals surface area contributed by atoms with Gasteiger partial charge in [0, 0.05) is 39.1 Å². The third-order valence-corrected chi connectivity index (χ3v) is 16.4. The van der Waals surface area contributed by atoms with Crippen molar-refractivity contribution in [3.8, 4) is 0 Å². The Morgan fingerprint density at radius 1 is 0.417 bits per heavy atom. The fraction of sp³-hybridized carbons (Fsp3) is 0.145. The second-order valence-electron chi connectivity index (χ2n) is 16.6. The molecule has 0 spiro atoms. The SMILES string of the molecule is CC(=O)O.N.NC(=O)CS(=O)C(c1ccccc1)c1ccccc1.NC(=O)CSC(c1ccccc1)c1ccccc1.O=C(Cl)CSC(c1ccccc1)c1ccccc1.O=C(O)CSC(c1ccccc1)c1ccccc1.O=S(Cl)Cl.OO. The maximum absolute atomic E-state index is 12.4. The van der Waals surface area contributed by atoms with Crippen LogP contribution in [0.4, 0.5) is 0 Å². The number of carbonyl (C=O) groups excluding carboxylic acids is 3. The molecular weight excluding hydrogens is 1230 g/mol. The summed E-state index contributed by atoms with van der Waals surface area (Å²) in [5, 5.41) is 28.0. The van der Waals surface area contributed by atoms with E-state index in [0.29, 0.717) is 11.5 Å². The Morgan fingerprint density at radius 3 is 0.810 bits per heavy atom. The first-order chi connectivity index (χ1) is 40.0.